The lowest BCUT2D eigenvalue weighted by molar-refractivity contribution is 0.0705. The van der Waals surface area contributed by atoms with Gasteiger partial charge < -0.3 is 19.9 Å². The molecule has 0 bridgehead atoms. The number of likely N-dealkylation sites (N-methyl/N-ethyl adjacent to an activating group) is 1. The Morgan fingerprint density at radius 2 is 2.10 bits per heavy atom. The molecule has 0 aliphatic carbocycles. The van der Waals surface area contributed by atoms with E-state index in [1.54, 1.807) is 6.07 Å². The van der Waals surface area contributed by atoms with E-state index < -0.39 is 0 Å². The Kier molecular flexibility index (Phi) is 5.27. The maximum Gasteiger partial charge on any atom is 0.271 e. The molecule has 3 heterocycles. The average molecular weight is 397 g/mol. The van der Waals surface area contributed by atoms with E-state index in [4.69, 9.17) is 4.74 Å². The van der Waals surface area contributed by atoms with E-state index in [9.17, 15) is 9.59 Å². The highest BCUT2D eigenvalue weighted by Gasteiger charge is 2.26. The van der Waals surface area contributed by atoms with Crippen LogP contribution >= 0.6 is 0 Å². The van der Waals surface area contributed by atoms with Gasteiger partial charge in [0.05, 0.1) is 18.8 Å². The molecule has 8 heteroatoms. The molecule has 2 aliphatic rings. The SMILES string of the molecule is C[C@@H]1Cc2cc(C(=O)N3CCn4nc(C(=O)NCCN(C)C)cc4C3)ccc2O1. The van der Waals surface area contributed by atoms with E-state index in [0.717, 1.165) is 30.0 Å². The molecule has 8 nitrogen and oxygen atoms in total. The van der Waals surface area contributed by atoms with Gasteiger partial charge in [0, 0.05) is 31.6 Å². The highest BCUT2D eigenvalue weighted by Crippen LogP contribution is 2.30. The van der Waals surface area contributed by atoms with Crippen LogP contribution in [0.1, 0.15) is 39.0 Å². The maximum absolute atomic E-state index is 13.0. The largest absolute Gasteiger partial charge is 0.490 e. The van der Waals surface area contributed by atoms with E-state index in [-0.39, 0.29) is 17.9 Å². The van der Waals surface area contributed by atoms with Crippen LogP contribution in [0.5, 0.6) is 5.75 Å². The molecule has 0 unspecified atom stereocenters. The van der Waals surface area contributed by atoms with Crippen LogP contribution in [0.2, 0.25) is 0 Å². The molecule has 154 valence electrons. The van der Waals surface area contributed by atoms with Crippen molar-refractivity contribution in [2.75, 3.05) is 33.7 Å². The van der Waals surface area contributed by atoms with E-state index in [0.29, 0.717) is 37.4 Å². The summed E-state index contributed by atoms with van der Waals surface area (Å²) in [6.07, 6.45) is 0.984. The standard InChI is InChI=1S/C21H27N5O3/c1-14-10-16-11-15(4-5-19(16)29-14)21(28)25-8-9-26-17(13-25)12-18(23-26)20(27)22-6-7-24(2)3/h4-5,11-12,14H,6-10,13H2,1-3H3,(H,22,27)/t14-/m1/s1. The molecular formula is C21H27N5O3. The van der Waals surface area contributed by atoms with Crippen LogP contribution in [0.25, 0.3) is 0 Å². The molecule has 0 saturated carbocycles. The molecule has 2 aliphatic heterocycles. The van der Waals surface area contributed by atoms with Gasteiger partial charge in [0.25, 0.3) is 11.8 Å². The highest BCUT2D eigenvalue weighted by molar-refractivity contribution is 5.95. The summed E-state index contributed by atoms with van der Waals surface area (Å²) in [5.41, 5.74) is 3.04. The second kappa shape index (κ2) is 7.87. The van der Waals surface area contributed by atoms with E-state index in [1.165, 1.54) is 0 Å². The zero-order valence-corrected chi connectivity index (χ0v) is 17.1. The molecule has 0 fully saturated rings. The summed E-state index contributed by atoms with van der Waals surface area (Å²) in [5.74, 6) is 0.687. The van der Waals surface area contributed by atoms with Gasteiger partial charge in [-0.25, -0.2) is 0 Å². The van der Waals surface area contributed by atoms with Crippen LogP contribution in [0.3, 0.4) is 0 Å². The summed E-state index contributed by atoms with van der Waals surface area (Å²) in [6.45, 7) is 4.96. The zero-order valence-electron chi connectivity index (χ0n) is 17.1. The summed E-state index contributed by atoms with van der Waals surface area (Å²) in [5, 5.41) is 7.28. The first-order valence-electron chi connectivity index (χ1n) is 9.99. The predicted octanol–water partition coefficient (Wildman–Crippen LogP) is 1.15. The minimum Gasteiger partial charge on any atom is -0.490 e. The fourth-order valence-corrected chi connectivity index (χ4v) is 3.77. The number of nitrogens with zero attached hydrogens (tertiary/aromatic N) is 4. The fourth-order valence-electron chi connectivity index (χ4n) is 3.77. The molecule has 0 saturated heterocycles. The third-order valence-electron chi connectivity index (χ3n) is 5.31. The minimum absolute atomic E-state index is 0.00297. The van der Waals surface area contributed by atoms with Crippen LogP contribution in [0.15, 0.2) is 24.3 Å². The third-order valence-corrected chi connectivity index (χ3v) is 5.31. The molecule has 1 aromatic carbocycles. The normalized spacial score (nSPS) is 17.7. The van der Waals surface area contributed by atoms with Crippen molar-refractivity contribution >= 4 is 11.8 Å². The Hall–Kier alpha value is -2.87. The van der Waals surface area contributed by atoms with Crippen LogP contribution in [-0.4, -0.2) is 71.2 Å². The Morgan fingerprint density at radius 3 is 2.90 bits per heavy atom. The van der Waals surface area contributed by atoms with Crippen LogP contribution in [0, 0.1) is 0 Å². The van der Waals surface area contributed by atoms with Gasteiger partial charge in [-0.15, -0.1) is 0 Å². The number of carbonyl (C=O) groups is 2. The lowest BCUT2D eigenvalue weighted by Crippen LogP contribution is -2.38. The maximum atomic E-state index is 13.0. The van der Waals surface area contributed by atoms with Gasteiger partial charge in [-0.05, 0) is 50.8 Å². The van der Waals surface area contributed by atoms with Gasteiger partial charge in [0.15, 0.2) is 5.69 Å². The number of benzene rings is 1. The summed E-state index contributed by atoms with van der Waals surface area (Å²) in [4.78, 5) is 29.1. The lowest BCUT2D eigenvalue weighted by Gasteiger charge is -2.27. The molecule has 4 rings (SSSR count). The van der Waals surface area contributed by atoms with Crippen LogP contribution < -0.4 is 10.1 Å². The molecular weight excluding hydrogens is 370 g/mol. The van der Waals surface area contributed by atoms with Crippen molar-refractivity contribution in [3.8, 4) is 5.75 Å². The van der Waals surface area contributed by atoms with Crippen molar-refractivity contribution < 1.29 is 14.3 Å². The first kappa shape index (κ1) is 19.4. The number of amides is 2. The molecule has 0 radical (unpaired) electrons. The van der Waals surface area contributed by atoms with E-state index >= 15 is 0 Å². The molecule has 1 atom stereocenters. The molecule has 1 N–H and O–H groups in total. The second-order valence-electron chi connectivity index (χ2n) is 7.99. The molecule has 1 aromatic heterocycles. The number of aromatic nitrogens is 2. The summed E-state index contributed by atoms with van der Waals surface area (Å²) < 4.78 is 7.54. The van der Waals surface area contributed by atoms with Crippen LogP contribution in [-0.2, 0) is 19.5 Å². The monoisotopic (exact) mass is 397 g/mol. The zero-order chi connectivity index (χ0) is 20.5. The second-order valence-corrected chi connectivity index (χ2v) is 7.99. The van der Waals surface area contributed by atoms with Gasteiger partial charge >= 0.3 is 0 Å². The Balaban J connectivity index is 1.42. The van der Waals surface area contributed by atoms with Crippen molar-refractivity contribution in [1.29, 1.82) is 0 Å². The number of ether oxygens (including phenoxy) is 1. The number of carbonyl (C=O) groups excluding carboxylic acids is 2. The smallest absolute Gasteiger partial charge is 0.271 e. The van der Waals surface area contributed by atoms with Gasteiger partial charge in [0.2, 0.25) is 0 Å². The first-order valence-corrected chi connectivity index (χ1v) is 9.99. The Labute approximate surface area is 170 Å². The molecule has 0 spiro atoms. The highest BCUT2D eigenvalue weighted by atomic mass is 16.5. The third kappa shape index (κ3) is 4.12. The number of rotatable bonds is 5. The van der Waals surface area contributed by atoms with Crippen molar-refractivity contribution in [3.05, 3.63) is 46.8 Å². The topological polar surface area (TPSA) is 79.7 Å². The lowest BCUT2D eigenvalue weighted by atomic mass is 10.1. The Morgan fingerprint density at radius 1 is 1.28 bits per heavy atom. The number of fused-ring (bicyclic) bond motifs is 2. The van der Waals surface area contributed by atoms with E-state index in [1.807, 2.05) is 53.7 Å². The molecule has 2 amide bonds. The summed E-state index contributed by atoms with van der Waals surface area (Å²) in [7, 11) is 3.92. The van der Waals surface area contributed by atoms with Crippen molar-refractivity contribution in [2.45, 2.75) is 32.5 Å². The summed E-state index contributed by atoms with van der Waals surface area (Å²) in [6, 6.07) is 7.44. The number of hydrogen-bond donors (Lipinski definition) is 1. The molecule has 2 aromatic rings. The fraction of sp³-hybridized carbons (Fsp3) is 0.476. The van der Waals surface area contributed by atoms with Gasteiger partial charge in [-0.1, -0.05) is 0 Å². The van der Waals surface area contributed by atoms with Gasteiger partial charge in [-0.3, -0.25) is 14.3 Å². The van der Waals surface area contributed by atoms with Crippen LogP contribution in [0.4, 0.5) is 0 Å². The van der Waals surface area contributed by atoms with Gasteiger partial charge in [-0.2, -0.15) is 5.10 Å². The minimum atomic E-state index is -0.181. The number of hydrogen-bond acceptors (Lipinski definition) is 5. The van der Waals surface area contributed by atoms with Crippen molar-refractivity contribution in [2.24, 2.45) is 0 Å². The predicted molar refractivity (Wildman–Crippen MR) is 108 cm³/mol. The Bertz CT molecular complexity index is 936. The van der Waals surface area contributed by atoms with Crippen molar-refractivity contribution in [1.82, 2.24) is 24.9 Å². The molecule has 29 heavy (non-hydrogen) atoms. The van der Waals surface area contributed by atoms with Crippen molar-refractivity contribution in [3.63, 3.8) is 0 Å². The van der Waals surface area contributed by atoms with E-state index in [2.05, 4.69) is 10.4 Å². The number of nitrogens with one attached hydrogen (secondary N) is 1. The quantitative estimate of drug-likeness (QED) is 0.819. The van der Waals surface area contributed by atoms with Gasteiger partial charge in [0.1, 0.15) is 11.9 Å². The first-order chi connectivity index (χ1) is 13.9. The average Bonchev–Trinajstić information content (AvgIpc) is 3.28. The summed E-state index contributed by atoms with van der Waals surface area (Å²) >= 11 is 0.